The van der Waals surface area contributed by atoms with E-state index in [1.165, 1.54) is 19.3 Å². The third-order valence-corrected chi connectivity index (χ3v) is 3.07. The smallest absolute Gasteiger partial charge is 0.162 e. The SMILES string of the molecule is CCOc1cc(C#N)ccc1OCC1CCC1. The first-order valence-electron chi connectivity index (χ1n) is 6.13. The average molecular weight is 231 g/mol. The lowest BCUT2D eigenvalue weighted by molar-refractivity contribution is 0.174. The lowest BCUT2D eigenvalue weighted by Gasteiger charge is -2.25. The number of benzene rings is 1. The Morgan fingerprint density at radius 3 is 2.71 bits per heavy atom. The van der Waals surface area contributed by atoms with E-state index in [9.17, 15) is 0 Å². The van der Waals surface area contributed by atoms with Crippen LogP contribution in [-0.2, 0) is 0 Å². The molecule has 0 spiro atoms. The third-order valence-electron chi connectivity index (χ3n) is 3.07. The van der Waals surface area contributed by atoms with Gasteiger partial charge in [-0.2, -0.15) is 5.26 Å². The van der Waals surface area contributed by atoms with Gasteiger partial charge in [0.15, 0.2) is 11.5 Å². The summed E-state index contributed by atoms with van der Waals surface area (Å²) in [7, 11) is 0. The molecule has 0 bridgehead atoms. The van der Waals surface area contributed by atoms with Crippen molar-refractivity contribution in [2.45, 2.75) is 26.2 Å². The number of ether oxygens (including phenoxy) is 2. The Morgan fingerprint density at radius 2 is 2.12 bits per heavy atom. The lowest BCUT2D eigenvalue weighted by atomic mass is 9.86. The van der Waals surface area contributed by atoms with Gasteiger partial charge in [-0.15, -0.1) is 0 Å². The highest BCUT2D eigenvalue weighted by Gasteiger charge is 2.18. The first-order chi connectivity index (χ1) is 8.33. The molecule has 1 saturated carbocycles. The molecule has 90 valence electrons. The standard InChI is InChI=1S/C14H17NO2/c1-2-16-14-8-12(9-15)6-7-13(14)17-10-11-4-3-5-11/h6-8,11H,2-5,10H2,1H3. The molecule has 0 atom stereocenters. The zero-order chi connectivity index (χ0) is 12.1. The molecule has 0 radical (unpaired) electrons. The molecule has 0 aromatic heterocycles. The molecule has 0 N–H and O–H groups in total. The molecule has 1 aliphatic rings. The molecular weight excluding hydrogens is 214 g/mol. The molecule has 0 saturated heterocycles. The molecule has 0 aliphatic heterocycles. The molecular formula is C14H17NO2. The Bertz CT molecular complexity index is 419. The monoisotopic (exact) mass is 231 g/mol. The van der Waals surface area contributed by atoms with Crippen LogP contribution in [0.5, 0.6) is 11.5 Å². The Hall–Kier alpha value is -1.69. The van der Waals surface area contributed by atoms with Gasteiger partial charge in [-0.25, -0.2) is 0 Å². The van der Waals surface area contributed by atoms with Gasteiger partial charge in [0.25, 0.3) is 0 Å². The zero-order valence-electron chi connectivity index (χ0n) is 10.1. The maximum Gasteiger partial charge on any atom is 0.162 e. The van der Waals surface area contributed by atoms with Crippen LogP contribution in [0.1, 0.15) is 31.7 Å². The predicted molar refractivity (Wildman–Crippen MR) is 65.2 cm³/mol. The van der Waals surface area contributed by atoms with Crippen molar-refractivity contribution in [1.82, 2.24) is 0 Å². The van der Waals surface area contributed by atoms with E-state index in [1.54, 1.807) is 12.1 Å². The topological polar surface area (TPSA) is 42.2 Å². The van der Waals surface area contributed by atoms with Crippen molar-refractivity contribution in [3.63, 3.8) is 0 Å². The minimum absolute atomic E-state index is 0.578. The highest BCUT2D eigenvalue weighted by atomic mass is 16.5. The second-order valence-electron chi connectivity index (χ2n) is 4.31. The molecule has 0 unspecified atom stereocenters. The fourth-order valence-corrected chi connectivity index (χ4v) is 1.83. The fourth-order valence-electron chi connectivity index (χ4n) is 1.83. The summed E-state index contributed by atoms with van der Waals surface area (Å²) >= 11 is 0. The fraction of sp³-hybridized carbons (Fsp3) is 0.500. The summed E-state index contributed by atoms with van der Waals surface area (Å²) in [6, 6.07) is 7.42. The average Bonchev–Trinajstić information content (AvgIpc) is 2.29. The number of hydrogen-bond donors (Lipinski definition) is 0. The third kappa shape index (κ3) is 2.91. The minimum Gasteiger partial charge on any atom is -0.490 e. The lowest BCUT2D eigenvalue weighted by Crippen LogP contribution is -2.19. The summed E-state index contributed by atoms with van der Waals surface area (Å²) in [4.78, 5) is 0. The van der Waals surface area contributed by atoms with E-state index in [0.717, 1.165) is 12.4 Å². The van der Waals surface area contributed by atoms with Gasteiger partial charge in [0.1, 0.15) is 0 Å². The molecule has 0 amide bonds. The van der Waals surface area contributed by atoms with Gasteiger partial charge in [0, 0.05) is 6.07 Å². The summed E-state index contributed by atoms with van der Waals surface area (Å²) in [5.41, 5.74) is 0.601. The molecule has 3 heteroatoms. The van der Waals surface area contributed by atoms with Crippen LogP contribution in [0.2, 0.25) is 0 Å². The number of nitriles is 1. The molecule has 0 heterocycles. The number of hydrogen-bond acceptors (Lipinski definition) is 3. The maximum absolute atomic E-state index is 8.84. The van der Waals surface area contributed by atoms with E-state index < -0.39 is 0 Å². The minimum atomic E-state index is 0.578. The van der Waals surface area contributed by atoms with E-state index in [0.29, 0.717) is 23.8 Å². The molecule has 1 aromatic carbocycles. The Balaban J connectivity index is 2.05. The molecule has 1 aliphatic carbocycles. The van der Waals surface area contributed by atoms with Crippen molar-refractivity contribution in [2.24, 2.45) is 5.92 Å². The van der Waals surface area contributed by atoms with Gasteiger partial charge in [-0.05, 0) is 37.8 Å². The van der Waals surface area contributed by atoms with Crippen LogP contribution >= 0.6 is 0 Å². The van der Waals surface area contributed by atoms with Gasteiger partial charge in [0.2, 0.25) is 0 Å². The second kappa shape index (κ2) is 5.58. The molecule has 2 rings (SSSR count). The van der Waals surface area contributed by atoms with Crippen LogP contribution in [-0.4, -0.2) is 13.2 Å². The van der Waals surface area contributed by atoms with Gasteiger partial charge in [-0.3, -0.25) is 0 Å². The van der Waals surface area contributed by atoms with E-state index in [2.05, 4.69) is 6.07 Å². The van der Waals surface area contributed by atoms with Gasteiger partial charge >= 0.3 is 0 Å². The van der Waals surface area contributed by atoms with Crippen molar-refractivity contribution < 1.29 is 9.47 Å². The van der Waals surface area contributed by atoms with Crippen LogP contribution < -0.4 is 9.47 Å². The van der Waals surface area contributed by atoms with Crippen molar-refractivity contribution in [3.8, 4) is 17.6 Å². The van der Waals surface area contributed by atoms with Crippen LogP contribution in [0, 0.1) is 17.2 Å². The summed E-state index contributed by atoms with van der Waals surface area (Å²) in [6.45, 7) is 3.26. The second-order valence-corrected chi connectivity index (χ2v) is 4.31. The Kier molecular flexibility index (Phi) is 3.87. The van der Waals surface area contributed by atoms with Gasteiger partial charge in [0.05, 0.1) is 24.8 Å². The van der Waals surface area contributed by atoms with Crippen LogP contribution in [0.3, 0.4) is 0 Å². The first-order valence-corrected chi connectivity index (χ1v) is 6.13. The van der Waals surface area contributed by atoms with Crippen molar-refractivity contribution in [1.29, 1.82) is 5.26 Å². The first kappa shape index (κ1) is 11.8. The van der Waals surface area contributed by atoms with Crippen molar-refractivity contribution >= 4 is 0 Å². The normalized spacial score (nSPS) is 14.8. The van der Waals surface area contributed by atoms with Gasteiger partial charge in [-0.1, -0.05) is 6.42 Å². The summed E-state index contributed by atoms with van der Waals surface area (Å²) in [5, 5.41) is 8.84. The zero-order valence-corrected chi connectivity index (χ0v) is 10.1. The van der Waals surface area contributed by atoms with Gasteiger partial charge < -0.3 is 9.47 Å². The van der Waals surface area contributed by atoms with Crippen LogP contribution in [0.15, 0.2) is 18.2 Å². The Morgan fingerprint density at radius 1 is 1.29 bits per heavy atom. The Labute approximate surface area is 102 Å². The van der Waals surface area contributed by atoms with E-state index in [-0.39, 0.29) is 0 Å². The highest BCUT2D eigenvalue weighted by Crippen LogP contribution is 2.31. The number of rotatable bonds is 5. The van der Waals surface area contributed by atoms with Crippen LogP contribution in [0.4, 0.5) is 0 Å². The summed E-state index contributed by atoms with van der Waals surface area (Å²) < 4.78 is 11.2. The molecule has 1 fully saturated rings. The summed E-state index contributed by atoms with van der Waals surface area (Å²) in [5.74, 6) is 2.11. The van der Waals surface area contributed by atoms with Crippen molar-refractivity contribution in [3.05, 3.63) is 23.8 Å². The quantitative estimate of drug-likeness (QED) is 0.781. The van der Waals surface area contributed by atoms with Crippen molar-refractivity contribution in [2.75, 3.05) is 13.2 Å². The predicted octanol–water partition coefficient (Wildman–Crippen LogP) is 3.14. The van der Waals surface area contributed by atoms with Crippen LogP contribution in [0.25, 0.3) is 0 Å². The van der Waals surface area contributed by atoms with E-state index >= 15 is 0 Å². The van der Waals surface area contributed by atoms with E-state index in [1.807, 2.05) is 13.0 Å². The van der Waals surface area contributed by atoms with E-state index in [4.69, 9.17) is 14.7 Å². The largest absolute Gasteiger partial charge is 0.490 e. The maximum atomic E-state index is 8.84. The summed E-state index contributed by atoms with van der Waals surface area (Å²) in [6.07, 6.45) is 3.85. The molecule has 17 heavy (non-hydrogen) atoms. The highest BCUT2D eigenvalue weighted by molar-refractivity contribution is 5.46. The molecule has 1 aromatic rings. The molecule has 3 nitrogen and oxygen atoms in total. The number of nitrogens with zero attached hydrogens (tertiary/aromatic N) is 1.